The number of carbonyl (C=O) groups is 3. The van der Waals surface area contributed by atoms with E-state index in [1.54, 1.807) is 48.5 Å². The molecule has 0 radical (unpaired) electrons. The van der Waals surface area contributed by atoms with Gasteiger partial charge < -0.3 is 9.47 Å². The van der Waals surface area contributed by atoms with E-state index in [1.807, 2.05) is 217 Å². The SMILES string of the molecule is CC.CC.CC.CC.CC.CC.O=C(Cc1ccccc1)Cc1ccccc1.O=C(Oc1ccccc1)c1ccccc1.O=C(Oc1ccccc1)c1ccccc1. The second-order valence-corrected chi connectivity index (χ2v) is 10.0. The zero-order valence-corrected chi connectivity index (χ0v) is 37.3. The summed E-state index contributed by atoms with van der Waals surface area (Å²) in [5.74, 6) is 0.721. The maximum absolute atomic E-state index is 11.8. The third kappa shape index (κ3) is 27.5. The lowest BCUT2D eigenvalue weighted by atomic mass is 10.0. The Morgan fingerprint density at radius 2 is 0.517 bits per heavy atom. The van der Waals surface area contributed by atoms with Crippen LogP contribution in [0.5, 0.6) is 11.5 Å². The average Bonchev–Trinajstić information content (AvgIpc) is 3.33. The average molecular weight is 787 g/mol. The van der Waals surface area contributed by atoms with Crippen molar-refractivity contribution in [1.29, 1.82) is 0 Å². The van der Waals surface area contributed by atoms with Gasteiger partial charge in [-0.2, -0.15) is 0 Å². The van der Waals surface area contributed by atoms with Gasteiger partial charge in [-0.1, -0.05) is 217 Å². The predicted octanol–water partition coefficient (Wildman–Crippen LogP) is 15.0. The molecule has 5 heteroatoms. The number of esters is 2. The predicted molar refractivity (Wildman–Crippen MR) is 249 cm³/mol. The zero-order chi connectivity index (χ0) is 44.2. The van der Waals surface area contributed by atoms with Crippen LogP contribution in [0.2, 0.25) is 0 Å². The van der Waals surface area contributed by atoms with Gasteiger partial charge in [0.1, 0.15) is 17.3 Å². The molecule has 58 heavy (non-hydrogen) atoms. The van der Waals surface area contributed by atoms with Crippen molar-refractivity contribution in [1.82, 2.24) is 0 Å². The molecular formula is C53H70O5. The summed E-state index contributed by atoms with van der Waals surface area (Å²) in [5.41, 5.74) is 3.29. The van der Waals surface area contributed by atoms with E-state index < -0.39 is 0 Å². The van der Waals surface area contributed by atoms with Crippen LogP contribution in [-0.2, 0) is 17.6 Å². The number of rotatable bonds is 8. The molecule has 0 aliphatic carbocycles. The van der Waals surface area contributed by atoms with Crippen LogP contribution in [0.3, 0.4) is 0 Å². The normalized spacial score (nSPS) is 8.34. The lowest BCUT2D eigenvalue weighted by molar-refractivity contribution is -0.117. The first-order chi connectivity index (χ1) is 28.6. The van der Waals surface area contributed by atoms with Gasteiger partial charge in [-0.3, -0.25) is 4.79 Å². The highest BCUT2D eigenvalue weighted by Crippen LogP contribution is 2.12. The molecule has 0 heterocycles. The number of hydrogen-bond acceptors (Lipinski definition) is 5. The molecule has 6 rings (SSSR count). The van der Waals surface area contributed by atoms with Gasteiger partial charge in [0.15, 0.2) is 0 Å². The molecule has 0 saturated carbocycles. The fraction of sp³-hybridized carbons (Fsp3) is 0.264. The standard InChI is InChI=1S/C15H14O.2C13H10O2.6C2H6/c16-15(11-13-7-3-1-4-8-13)12-14-9-5-2-6-10-14;2*14-13(11-7-3-1-4-8-11)15-12-9-5-2-6-10-12;6*1-2/h1-10H,11-12H2;2*1-10H;6*1-2H3. The molecule has 0 fully saturated rings. The zero-order valence-electron chi connectivity index (χ0n) is 37.3. The summed E-state index contributed by atoms with van der Waals surface area (Å²) < 4.78 is 10.3. The molecule has 0 spiro atoms. The molecule has 0 saturated heterocycles. The van der Waals surface area contributed by atoms with Crippen LogP contribution >= 0.6 is 0 Å². The van der Waals surface area contributed by atoms with E-state index in [1.165, 1.54) is 0 Å². The molecule has 0 aliphatic rings. The maximum atomic E-state index is 11.8. The molecule has 0 atom stereocenters. The Morgan fingerprint density at radius 3 is 0.759 bits per heavy atom. The van der Waals surface area contributed by atoms with Crippen LogP contribution in [0, 0.1) is 0 Å². The minimum atomic E-state index is -0.332. The number of benzene rings is 6. The number of ketones is 1. The Bertz CT molecular complexity index is 1610. The summed E-state index contributed by atoms with van der Waals surface area (Å²) in [6.45, 7) is 24.0. The molecule has 6 aromatic rings. The van der Waals surface area contributed by atoms with Crippen LogP contribution in [0.4, 0.5) is 0 Å². The van der Waals surface area contributed by atoms with Crippen molar-refractivity contribution in [2.24, 2.45) is 0 Å². The molecule has 0 aliphatic heterocycles. The van der Waals surface area contributed by atoms with Gasteiger partial charge >= 0.3 is 11.9 Å². The first-order valence-corrected chi connectivity index (χ1v) is 20.8. The van der Waals surface area contributed by atoms with Crippen molar-refractivity contribution in [3.8, 4) is 11.5 Å². The Kier molecular flexibility index (Phi) is 40.8. The van der Waals surface area contributed by atoms with Gasteiger partial charge in [-0.15, -0.1) is 0 Å². The maximum Gasteiger partial charge on any atom is 0.343 e. The second-order valence-electron chi connectivity index (χ2n) is 10.0. The van der Waals surface area contributed by atoms with Crippen molar-refractivity contribution in [3.63, 3.8) is 0 Å². The molecule has 0 aromatic heterocycles. The lowest BCUT2D eigenvalue weighted by Gasteiger charge is -2.02. The third-order valence-corrected chi connectivity index (χ3v) is 6.41. The number of carbonyl (C=O) groups excluding carboxylic acids is 3. The molecule has 0 amide bonds. The van der Waals surface area contributed by atoms with Crippen molar-refractivity contribution >= 4 is 17.7 Å². The van der Waals surface area contributed by atoms with Gasteiger partial charge in [0, 0.05) is 12.8 Å². The highest BCUT2D eigenvalue weighted by atomic mass is 16.5. The Balaban J connectivity index is -0.000000691. The van der Waals surface area contributed by atoms with E-state index in [0.29, 0.717) is 35.5 Å². The molecule has 0 bridgehead atoms. The van der Waals surface area contributed by atoms with Crippen molar-refractivity contribution in [2.45, 2.75) is 95.9 Å². The fourth-order valence-electron chi connectivity index (χ4n) is 4.17. The lowest BCUT2D eigenvalue weighted by Crippen LogP contribution is -2.07. The van der Waals surface area contributed by atoms with E-state index in [0.717, 1.165) is 11.1 Å². The number of Topliss-reactive ketones (excluding diaryl/α,β-unsaturated/α-hetero) is 1. The Morgan fingerprint density at radius 1 is 0.310 bits per heavy atom. The van der Waals surface area contributed by atoms with E-state index in [-0.39, 0.29) is 17.7 Å². The first-order valence-electron chi connectivity index (χ1n) is 20.8. The van der Waals surface area contributed by atoms with Crippen molar-refractivity contribution in [3.05, 3.63) is 204 Å². The Labute approximate surface area is 352 Å². The van der Waals surface area contributed by atoms with Gasteiger partial charge in [0.2, 0.25) is 0 Å². The fourth-order valence-corrected chi connectivity index (χ4v) is 4.17. The van der Waals surface area contributed by atoms with Crippen LogP contribution < -0.4 is 9.47 Å². The molecule has 0 N–H and O–H groups in total. The van der Waals surface area contributed by atoms with Crippen LogP contribution in [0.1, 0.15) is 115 Å². The molecule has 0 unspecified atom stereocenters. The number of ether oxygens (including phenoxy) is 2. The molecular weight excluding hydrogens is 717 g/mol. The highest BCUT2D eigenvalue weighted by Gasteiger charge is 2.07. The number of para-hydroxylation sites is 2. The van der Waals surface area contributed by atoms with E-state index in [2.05, 4.69) is 0 Å². The third-order valence-electron chi connectivity index (χ3n) is 6.41. The molecule has 6 aromatic carbocycles. The quantitative estimate of drug-likeness (QED) is 0.113. The van der Waals surface area contributed by atoms with Gasteiger partial charge in [0.25, 0.3) is 0 Å². The summed E-state index contributed by atoms with van der Waals surface area (Å²) in [4.78, 5) is 35.0. The summed E-state index contributed by atoms with van der Waals surface area (Å²) >= 11 is 0. The van der Waals surface area contributed by atoms with Gasteiger partial charge in [-0.05, 0) is 59.7 Å². The summed E-state index contributed by atoms with van der Waals surface area (Å²) in [6.07, 6.45) is 1.05. The van der Waals surface area contributed by atoms with Gasteiger partial charge in [0.05, 0.1) is 11.1 Å². The summed E-state index contributed by atoms with van der Waals surface area (Å²) in [5, 5.41) is 0. The molecule has 312 valence electrons. The minimum absolute atomic E-state index is 0.261. The summed E-state index contributed by atoms with van der Waals surface area (Å²) in [6, 6.07) is 55.7. The van der Waals surface area contributed by atoms with E-state index in [4.69, 9.17) is 9.47 Å². The smallest absolute Gasteiger partial charge is 0.343 e. The minimum Gasteiger partial charge on any atom is -0.423 e. The van der Waals surface area contributed by atoms with Crippen molar-refractivity contribution < 1.29 is 23.9 Å². The van der Waals surface area contributed by atoms with E-state index in [9.17, 15) is 14.4 Å². The van der Waals surface area contributed by atoms with Crippen LogP contribution in [-0.4, -0.2) is 17.7 Å². The van der Waals surface area contributed by atoms with E-state index >= 15 is 0 Å². The number of hydrogen-bond donors (Lipinski definition) is 0. The summed E-state index contributed by atoms with van der Waals surface area (Å²) in [7, 11) is 0. The largest absolute Gasteiger partial charge is 0.423 e. The first kappa shape index (κ1) is 56.3. The topological polar surface area (TPSA) is 69.7 Å². The van der Waals surface area contributed by atoms with Crippen molar-refractivity contribution in [2.75, 3.05) is 0 Å². The van der Waals surface area contributed by atoms with Gasteiger partial charge in [-0.25, -0.2) is 9.59 Å². The highest BCUT2D eigenvalue weighted by molar-refractivity contribution is 5.91. The second kappa shape index (κ2) is 42.1. The monoisotopic (exact) mass is 787 g/mol. The molecule has 5 nitrogen and oxygen atoms in total. The Hall–Kier alpha value is -6.07. The van der Waals surface area contributed by atoms with Crippen LogP contribution in [0.15, 0.2) is 182 Å². The van der Waals surface area contributed by atoms with Crippen LogP contribution in [0.25, 0.3) is 0 Å².